The van der Waals surface area contributed by atoms with E-state index in [1.807, 2.05) is 20.8 Å². The van der Waals surface area contributed by atoms with Gasteiger partial charge in [-0.3, -0.25) is 9.59 Å². The lowest BCUT2D eigenvalue weighted by atomic mass is 9.49. The zero-order valence-corrected chi connectivity index (χ0v) is 22.1. The molecule has 2 N–H and O–H groups in total. The van der Waals surface area contributed by atoms with Gasteiger partial charge in [0.15, 0.2) is 17.8 Å². The Labute approximate surface area is 223 Å². The molecule has 0 radical (unpaired) electrons. The van der Waals surface area contributed by atoms with Gasteiger partial charge in [0.2, 0.25) is 11.9 Å². The number of ether oxygens (including phenoxy) is 5. The van der Waals surface area contributed by atoms with Crippen molar-refractivity contribution in [1.82, 2.24) is 0 Å². The minimum absolute atomic E-state index is 0.178. The van der Waals surface area contributed by atoms with E-state index in [2.05, 4.69) is 0 Å². The molecule has 4 unspecified atom stereocenters. The SMILES string of the molecule is C[C@@H]1C(=O)O[C@H]2[C@H](OC(=O)c3ccccc3)C34C5OC(=O)[C@@]3(OC3OC(=O)[C@H](C)C34[C@H](C(C)(C)C)[C@H]5O)[C@@]12O. The van der Waals surface area contributed by atoms with E-state index in [0.717, 1.165) is 0 Å². The molecule has 7 rings (SSSR count). The van der Waals surface area contributed by atoms with Crippen molar-refractivity contribution >= 4 is 23.9 Å². The van der Waals surface area contributed by atoms with E-state index in [0.29, 0.717) is 0 Å². The summed E-state index contributed by atoms with van der Waals surface area (Å²) >= 11 is 0. The Morgan fingerprint density at radius 3 is 2.23 bits per heavy atom. The van der Waals surface area contributed by atoms with Crippen LogP contribution in [0.1, 0.15) is 45.0 Å². The Bertz CT molecular complexity index is 1340. The Morgan fingerprint density at radius 1 is 0.949 bits per heavy atom. The van der Waals surface area contributed by atoms with Gasteiger partial charge in [-0.1, -0.05) is 45.9 Å². The van der Waals surface area contributed by atoms with Crippen LogP contribution in [-0.4, -0.2) is 76.0 Å². The first-order chi connectivity index (χ1) is 18.2. The molecule has 6 aliphatic rings. The van der Waals surface area contributed by atoms with Gasteiger partial charge in [0.05, 0.1) is 28.9 Å². The Morgan fingerprint density at radius 2 is 1.59 bits per heavy atom. The monoisotopic (exact) mass is 542 g/mol. The smallest absolute Gasteiger partial charge is 0.343 e. The zero-order chi connectivity index (χ0) is 28.1. The van der Waals surface area contributed by atoms with Crippen LogP contribution in [0.4, 0.5) is 0 Å². The van der Waals surface area contributed by atoms with Crippen molar-refractivity contribution in [2.75, 3.05) is 0 Å². The second-order valence-corrected chi connectivity index (χ2v) is 12.8. The zero-order valence-electron chi connectivity index (χ0n) is 22.1. The summed E-state index contributed by atoms with van der Waals surface area (Å²) in [6.07, 6.45) is -7.14. The van der Waals surface area contributed by atoms with Crippen molar-refractivity contribution in [2.45, 2.75) is 76.5 Å². The average molecular weight is 543 g/mol. The summed E-state index contributed by atoms with van der Waals surface area (Å²) in [6.45, 7) is 8.65. The van der Waals surface area contributed by atoms with Crippen LogP contribution in [0.25, 0.3) is 0 Å². The molecule has 0 bridgehead atoms. The fourth-order valence-electron chi connectivity index (χ4n) is 9.49. The number of esters is 4. The number of aliphatic hydroxyl groups excluding tert-OH is 1. The molecule has 4 aliphatic heterocycles. The highest BCUT2D eigenvalue weighted by Crippen LogP contribution is 2.85. The number of hydrogen-bond acceptors (Lipinski definition) is 11. The van der Waals surface area contributed by atoms with Gasteiger partial charge in [-0.05, 0) is 24.5 Å². The van der Waals surface area contributed by atoms with E-state index in [4.69, 9.17) is 23.7 Å². The van der Waals surface area contributed by atoms with Crippen molar-refractivity contribution in [1.29, 1.82) is 0 Å². The Kier molecular flexibility index (Phi) is 4.48. The predicted octanol–water partition coefficient (Wildman–Crippen LogP) is 0.741. The lowest BCUT2D eigenvalue weighted by Gasteiger charge is -2.48. The number of carbonyl (C=O) groups excluding carboxylic acids is 4. The van der Waals surface area contributed by atoms with Crippen molar-refractivity contribution in [2.24, 2.45) is 34.0 Å². The van der Waals surface area contributed by atoms with E-state index in [1.54, 1.807) is 25.1 Å². The second-order valence-electron chi connectivity index (χ2n) is 12.8. The first-order valence-electron chi connectivity index (χ1n) is 13.2. The van der Waals surface area contributed by atoms with Crippen molar-refractivity contribution in [3.8, 4) is 0 Å². The molecular formula is C28H30O11. The fraction of sp³-hybridized carbons (Fsp3) is 0.643. The highest BCUT2D eigenvalue weighted by molar-refractivity contribution is 5.95. The molecule has 2 saturated carbocycles. The van der Waals surface area contributed by atoms with Gasteiger partial charge in [-0.2, -0.15) is 0 Å². The summed E-state index contributed by atoms with van der Waals surface area (Å²) in [5.41, 5.74) is -8.54. The van der Waals surface area contributed by atoms with E-state index in [-0.39, 0.29) is 5.56 Å². The second kappa shape index (κ2) is 7.00. The van der Waals surface area contributed by atoms with E-state index >= 15 is 0 Å². The van der Waals surface area contributed by atoms with Crippen LogP contribution in [0.15, 0.2) is 30.3 Å². The first kappa shape index (κ1) is 25.0. The van der Waals surface area contributed by atoms with Crippen LogP contribution >= 0.6 is 0 Å². The summed E-state index contributed by atoms with van der Waals surface area (Å²) in [4.78, 5) is 53.7. The molecule has 2 spiro atoms. The standard InChI is InChI=1S/C28H30O11/c1-11-19(30)38-23-25(11)15(24(3,4)5)14(29)16-26(25)17(35-21(32)13-9-7-6-8-10-13)18-27(34,12(2)20(31)36-18)28(26,39-23)22(33)37-16/h6-12,14-18,23,29,34H,1-5H3/t11-,12+,14+,15-,16?,17-,18-,23?,25?,26?,27+,28-/m0/s1. The third kappa shape index (κ3) is 2.22. The van der Waals surface area contributed by atoms with Crippen molar-refractivity contribution < 1.29 is 53.1 Å². The molecule has 11 nitrogen and oxygen atoms in total. The number of hydrogen-bond donors (Lipinski definition) is 2. The molecule has 1 aromatic carbocycles. The summed E-state index contributed by atoms with van der Waals surface area (Å²) in [5, 5.41) is 24.4. The van der Waals surface area contributed by atoms with Crippen LogP contribution in [0, 0.1) is 34.0 Å². The van der Waals surface area contributed by atoms with Crippen LogP contribution in [-0.2, 0) is 38.1 Å². The Hall–Kier alpha value is -3.02. The molecule has 4 heterocycles. The number of aliphatic hydroxyl groups is 2. The van der Waals surface area contributed by atoms with E-state index in [1.165, 1.54) is 19.1 Å². The third-order valence-corrected chi connectivity index (χ3v) is 10.6. The summed E-state index contributed by atoms with van der Waals surface area (Å²) < 4.78 is 29.9. The van der Waals surface area contributed by atoms with Gasteiger partial charge in [0, 0.05) is 5.92 Å². The van der Waals surface area contributed by atoms with Crippen molar-refractivity contribution in [3.05, 3.63) is 35.9 Å². The molecule has 2 aliphatic carbocycles. The van der Waals surface area contributed by atoms with Gasteiger partial charge in [0.1, 0.15) is 11.5 Å². The van der Waals surface area contributed by atoms with Crippen molar-refractivity contribution in [3.63, 3.8) is 0 Å². The van der Waals surface area contributed by atoms with E-state index in [9.17, 15) is 29.4 Å². The molecule has 208 valence electrons. The summed E-state index contributed by atoms with van der Waals surface area (Å²) in [6, 6.07) is 8.08. The quantitative estimate of drug-likeness (QED) is 0.402. The lowest BCUT2D eigenvalue weighted by Crippen LogP contribution is -2.66. The van der Waals surface area contributed by atoms with Gasteiger partial charge >= 0.3 is 23.9 Å². The van der Waals surface area contributed by atoms with E-state index < -0.39 is 99.8 Å². The summed E-state index contributed by atoms with van der Waals surface area (Å²) in [5.74, 6) is -6.29. The maximum atomic E-state index is 14.0. The average Bonchev–Trinajstić information content (AvgIpc) is 3.57. The van der Waals surface area contributed by atoms with Gasteiger partial charge in [-0.25, -0.2) is 9.59 Å². The molecule has 12 atom stereocenters. The van der Waals surface area contributed by atoms with Gasteiger partial charge in [0.25, 0.3) is 0 Å². The maximum absolute atomic E-state index is 14.0. The largest absolute Gasteiger partial charge is 0.456 e. The molecule has 6 fully saturated rings. The number of carbonyl (C=O) groups is 4. The third-order valence-electron chi connectivity index (χ3n) is 10.6. The first-order valence-corrected chi connectivity index (χ1v) is 13.2. The van der Waals surface area contributed by atoms with Gasteiger partial charge < -0.3 is 33.9 Å². The topological polar surface area (TPSA) is 155 Å². The number of fused-ring (bicyclic) bond motifs is 1. The minimum atomic E-state index is -2.35. The molecule has 4 saturated heterocycles. The minimum Gasteiger partial charge on any atom is -0.456 e. The molecule has 11 heteroatoms. The van der Waals surface area contributed by atoms with Crippen LogP contribution in [0.2, 0.25) is 0 Å². The van der Waals surface area contributed by atoms with Crippen LogP contribution in [0.3, 0.4) is 0 Å². The molecule has 1 aromatic rings. The molecular weight excluding hydrogens is 512 g/mol. The van der Waals surface area contributed by atoms with Crippen LogP contribution < -0.4 is 0 Å². The normalized spacial score (nSPS) is 50.6. The molecule has 39 heavy (non-hydrogen) atoms. The number of benzene rings is 1. The predicted molar refractivity (Wildman–Crippen MR) is 126 cm³/mol. The summed E-state index contributed by atoms with van der Waals surface area (Å²) in [7, 11) is 0. The molecule has 0 aromatic heterocycles. The maximum Gasteiger partial charge on any atom is 0.343 e. The van der Waals surface area contributed by atoms with Gasteiger partial charge in [-0.15, -0.1) is 0 Å². The lowest BCUT2D eigenvalue weighted by molar-refractivity contribution is -0.240. The highest BCUT2D eigenvalue weighted by Gasteiger charge is 3.05. The van der Waals surface area contributed by atoms with Crippen LogP contribution in [0.5, 0.6) is 0 Å². The Balaban J connectivity index is 1.56. The highest BCUT2D eigenvalue weighted by atomic mass is 16.8. The number of rotatable bonds is 2. The molecule has 0 amide bonds. The fourth-order valence-corrected chi connectivity index (χ4v) is 9.49.